The largest absolute Gasteiger partial charge is 0.445 e. The molecule has 19 heteroatoms. The Morgan fingerprint density at radius 3 is 2.11 bits per heavy atom. The Bertz CT molecular complexity index is 1760. The summed E-state index contributed by atoms with van der Waals surface area (Å²) in [7, 11) is 1.58. The number of thioether (sulfide) groups is 1. The lowest BCUT2D eigenvalue weighted by atomic mass is 10.1. The van der Waals surface area contributed by atoms with Gasteiger partial charge in [-0.1, -0.05) is 48.9 Å². The molecule has 0 radical (unpaired) electrons. The van der Waals surface area contributed by atoms with Crippen LogP contribution in [0.5, 0.6) is 0 Å². The summed E-state index contributed by atoms with van der Waals surface area (Å²) in [5, 5.41) is 12.6. The van der Waals surface area contributed by atoms with Crippen molar-refractivity contribution in [1.82, 2.24) is 31.1 Å². The van der Waals surface area contributed by atoms with Crippen LogP contribution in [0.3, 0.4) is 0 Å². The molecule has 1 aliphatic heterocycles. The minimum atomic E-state index is -1.09. The van der Waals surface area contributed by atoms with E-state index in [0.717, 1.165) is 10.5 Å². The Kier molecular flexibility index (Phi) is 19.3. The molecular weight excluding hydrogens is 761 g/mol. The summed E-state index contributed by atoms with van der Waals surface area (Å²) in [6.45, 7) is -0.616. The SMILES string of the molecule is CN(CCSCC(N)=O)C(=O)OCc1ccc(NC(=O)CNC(=O)[C@H](Cc2ccccc2)NC(=O)CNC(=O)CNC(=O)CCCCCN2C(=O)C=CC2=O)cc1. The number of nitrogens with zero attached hydrogens (tertiary/aromatic N) is 2. The first kappa shape index (κ1) is 45.2. The quantitative estimate of drug-likeness (QED) is 0.0607. The summed E-state index contributed by atoms with van der Waals surface area (Å²) in [5.74, 6) is -3.29. The number of carbonyl (C=O) groups is 9. The number of primary amides is 1. The van der Waals surface area contributed by atoms with E-state index in [-0.39, 0.29) is 56.0 Å². The lowest BCUT2D eigenvalue weighted by molar-refractivity contribution is -0.137. The Morgan fingerprint density at radius 1 is 0.772 bits per heavy atom. The Balaban J connectivity index is 1.37. The van der Waals surface area contributed by atoms with Gasteiger partial charge in [0.25, 0.3) is 11.8 Å². The fraction of sp³-hybridized carbons (Fsp3) is 0.395. The molecule has 7 N–H and O–H groups in total. The van der Waals surface area contributed by atoms with Crippen molar-refractivity contribution in [3.63, 3.8) is 0 Å². The lowest BCUT2D eigenvalue weighted by Crippen LogP contribution is -2.52. The standard InChI is InChI=1S/C38H48N8O10S/c1-45(18-19-57-25-30(39)47)38(55)56-24-27-11-13-28(14-12-27)43-33(50)23-42-37(54)29(20-26-8-4-2-5-9-26)44-34(51)22-41-32(49)21-40-31(48)10-6-3-7-17-46-35(52)15-16-36(46)53/h2,4-5,8-9,11-16,29H,3,6-7,10,17-25H2,1H3,(H2,39,47)(H,40,48)(H,41,49)(H,42,54)(H,43,50)(H,44,51)/t29-/m0/s1. The van der Waals surface area contributed by atoms with Gasteiger partial charge < -0.3 is 42.0 Å². The number of benzene rings is 2. The fourth-order valence-corrected chi connectivity index (χ4v) is 5.85. The third-order valence-electron chi connectivity index (χ3n) is 8.16. The number of anilines is 1. The highest BCUT2D eigenvalue weighted by molar-refractivity contribution is 7.99. The summed E-state index contributed by atoms with van der Waals surface area (Å²) in [4.78, 5) is 112. The number of nitrogens with one attached hydrogen (secondary N) is 5. The molecule has 1 atom stereocenters. The third kappa shape index (κ3) is 17.8. The van der Waals surface area contributed by atoms with Crippen molar-refractivity contribution in [2.45, 2.75) is 44.8 Å². The molecule has 306 valence electrons. The summed E-state index contributed by atoms with van der Waals surface area (Å²) in [5.41, 5.74) is 6.93. The summed E-state index contributed by atoms with van der Waals surface area (Å²) >= 11 is 1.31. The van der Waals surface area contributed by atoms with E-state index >= 15 is 0 Å². The number of rotatable bonds is 24. The highest BCUT2D eigenvalue weighted by Gasteiger charge is 2.23. The van der Waals surface area contributed by atoms with Gasteiger partial charge in [-0.05, 0) is 36.1 Å². The van der Waals surface area contributed by atoms with Crippen molar-refractivity contribution in [3.05, 3.63) is 77.9 Å². The Labute approximate surface area is 334 Å². The molecule has 0 bridgehead atoms. The normalized spacial score (nSPS) is 12.3. The minimum Gasteiger partial charge on any atom is -0.445 e. The molecule has 0 unspecified atom stereocenters. The molecule has 0 fully saturated rings. The summed E-state index contributed by atoms with van der Waals surface area (Å²) in [6.07, 6.45) is 3.74. The molecule has 0 aliphatic carbocycles. The predicted octanol–water partition coefficient (Wildman–Crippen LogP) is -0.0265. The van der Waals surface area contributed by atoms with E-state index in [9.17, 15) is 43.2 Å². The predicted molar refractivity (Wildman–Crippen MR) is 210 cm³/mol. The summed E-state index contributed by atoms with van der Waals surface area (Å²) in [6, 6.07) is 14.3. The van der Waals surface area contributed by atoms with Gasteiger partial charge in [0.2, 0.25) is 35.4 Å². The zero-order valence-corrected chi connectivity index (χ0v) is 32.4. The molecule has 9 amide bonds. The molecule has 1 aliphatic rings. The van der Waals surface area contributed by atoms with E-state index in [1.807, 2.05) is 0 Å². The molecule has 3 rings (SSSR count). The number of carbonyl (C=O) groups excluding carboxylic acids is 9. The van der Waals surface area contributed by atoms with Crippen molar-refractivity contribution in [2.24, 2.45) is 5.73 Å². The van der Waals surface area contributed by atoms with Crippen molar-refractivity contribution in [2.75, 3.05) is 56.6 Å². The number of imide groups is 1. The average molecular weight is 809 g/mol. The first-order valence-electron chi connectivity index (χ1n) is 18.1. The molecule has 0 saturated carbocycles. The second-order valence-corrected chi connectivity index (χ2v) is 13.9. The van der Waals surface area contributed by atoms with Crippen LogP contribution in [-0.4, -0.2) is 120 Å². The maximum atomic E-state index is 13.2. The van der Waals surface area contributed by atoms with E-state index in [0.29, 0.717) is 42.8 Å². The minimum absolute atomic E-state index is 0.00719. The number of hydrogen-bond acceptors (Lipinski definition) is 11. The number of nitrogens with two attached hydrogens (primary N) is 1. The number of unbranched alkanes of at least 4 members (excludes halogenated alkanes) is 2. The molecule has 0 spiro atoms. The van der Waals surface area contributed by atoms with Crippen LogP contribution in [0.4, 0.5) is 10.5 Å². The second kappa shape index (κ2) is 24.3. The van der Waals surface area contributed by atoms with Crippen LogP contribution in [0.2, 0.25) is 0 Å². The van der Waals surface area contributed by atoms with E-state index < -0.39 is 54.8 Å². The van der Waals surface area contributed by atoms with Crippen LogP contribution in [-0.2, 0) is 56.1 Å². The molecule has 0 aromatic heterocycles. The van der Waals surface area contributed by atoms with E-state index in [2.05, 4.69) is 26.6 Å². The van der Waals surface area contributed by atoms with Gasteiger partial charge in [-0.15, -0.1) is 0 Å². The first-order valence-corrected chi connectivity index (χ1v) is 19.3. The van der Waals surface area contributed by atoms with Crippen LogP contribution in [0.25, 0.3) is 0 Å². The second-order valence-electron chi connectivity index (χ2n) is 12.8. The van der Waals surface area contributed by atoms with Gasteiger partial charge in [-0.2, -0.15) is 11.8 Å². The van der Waals surface area contributed by atoms with Gasteiger partial charge in [0.1, 0.15) is 12.6 Å². The lowest BCUT2D eigenvalue weighted by Gasteiger charge is -2.19. The van der Waals surface area contributed by atoms with Gasteiger partial charge >= 0.3 is 6.09 Å². The number of ether oxygens (including phenoxy) is 1. The van der Waals surface area contributed by atoms with E-state index in [4.69, 9.17) is 10.5 Å². The highest BCUT2D eigenvalue weighted by Crippen LogP contribution is 2.12. The maximum Gasteiger partial charge on any atom is 0.409 e. The van der Waals surface area contributed by atoms with Crippen LogP contribution in [0.15, 0.2) is 66.7 Å². The molecule has 2 aromatic carbocycles. The van der Waals surface area contributed by atoms with Crippen LogP contribution >= 0.6 is 11.8 Å². The molecule has 1 heterocycles. The third-order valence-corrected chi connectivity index (χ3v) is 9.12. The Hall–Kier alpha value is -6.24. The molecule has 18 nitrogen and oxygen atoms in total. The van der Waals surface area contributed by atoms with Crippen LogP contribution in [0, 0.1) is 0 Å². The van der Waals surface area contributed by atoms with E-state index in [1.54, 1.807) is 61.6 Å². The van der Waals surface area contributed by atoms with Crippen molar-refractivity contribution >= 4 is 70.8 Å². The topological polar surface area (TPSA) is 256 Å². The van der Waals surface area contributed by atoms with Crippen molar-refractivity contribution in [3.8, 4) is 0 Å². The average Bonchev–Trinajstić information content (AvgIpc) is 3.51. The molecule has 0 saturated heterocycles. The molecule has 57 heavy (non-hydrogen) atoms. The van der Waals surface area contributed by atoms with Gasteiger partial charge in [-0.25, -0.2) is 4.79 Å². The summed E-state index contributed by atoms with van der Waals surface area (Å²) < 4.78 is 5.30. The van der Waals surface area contributed by atoms with Crippen LogP contribution in [0.1, 0.15) is 36.8 Å². The molecule has 2 aromatic rings. The van der Waals surface area contributed by atoms with Gasteiger partial charge in [0.15, 0.2) is 0 Å². The van der Waals surface area contributed by atoms with E-state index in [1.165, 1.54) is 28.8 Å². The first-order chi connectivity index (χ1) is 27.3. The van der Waals surface area contributed by atoms with Crippen LogP contribution < -0.4 is 32.3 Å². The monoisotopic (exact) mass is 808 g/mol. The molecular formula is C38H48N8O10S. The van der Waals surface area contributed by atoms with Gasteiger partial charge in [-0.3, -0.25) is 43.3 Å². The smallest absolute Gasteiger partial charge is 0.409 e. The zero-order valence-electron chi connectivity index (χ0n) is 31.6. The van der Waals surface area contributed by atoms with Gasteiger partial charge in [0.05, 0.1) is 25.4 Å². The van der Waals surface area contributed by atoms with Crippen molar-refractivity contribution < 1.29 is 47.9 Å². The zero-order chi connectivity index (χ0) is 41.6. The highest BCUT2D eigenvalue weighted by atomic mass is 32.2. The Morgan fingerprint density at radius 2 is 1.42 bits per heavy atom. The number of hydrogen-bond donors (Lipinski definition) is 6. The maximum absolute atomic E-state index is 13.2. The number of amides is 9. The van der Waals surface area contributed by atoms with Crippen molar-refractivity contribution in [1.29, 1.82) is 0 Å². The van der Waals surface area contributed by atoms with Gasteiger partial charge in [0, 0.05) is 56.6 Å². The fourth-order valence-electron chi connectivity index (χ4n) is 5.10.